The van der Waals surface area contributed by atoms with Crippen LogP contribution in [0.2, 0.25) is 0 Å². The molecule has 20 heavy (non-hydrogen) atoms. The number of benzene rings is 2. The van der Waals surface area contributed by atoms with E-state index in [1.54, 1.807) is 6.07 Å². The Morgan fingerprint density at radius 3 is 2.65 bits per heavy atom. The molecule has 0 bridgehead atoms. The monoisotopic (exact) mass is 336 g/mol. The fourth-order valence-electron chi connectivity index (χ4n) is 1.80. The van der Waals surface area contributed by atoms with Crippen LogP contribution in [0.4, 0.5) is 11.4 Å². The van der Waals surface area contributed by atoms with Crippen LogP contribution in [0.1, 0.15) is 15.9 Å². The molecule has 0 aromatic heterocycles. The largest absolute Gasteiger partial charge is 0.504 e. The van der Waals surface area contributed by atoms with Gasteiger partial charge in [0.15, 0.2) is 11.5 Å². The molecule has 104 valence electrons. The van der Waals surface area contributed by atoms with Crippen molar-refractivity contribution in [3.63, 3.8) is 0 Å². The van der Waals surface area contributed by atoms with Crippen molar-refractivity contribution in [1.29, 1.82) is 0 Å². The molecular formula is C14H13BrN2O3. The molecule has 0 atom stereocenters. The minimum atomic E-state index is -0.561. The molecule has 6 heteroatoms. The van der Waals surface area contributed by atoms with Gasteiger partial charge in [-0.3, -0.25) is 4.79 Å². The van der Waals surface area contributed by atoms with E-state index in [0.717, 1.165) is 5.56 Å². The molecule has 0 spiro atoms. The van der Waals surface area contributed by atoms with Gasteiger partial charge in [0, 0.05) is 4.47 Å². The lowest BCUT2D eigenvalue weighted by Gasteiger charge is -2.12. The predicted octanol–water partition coefficient (Wildman–Crippen LogP) is 3.00. The number of carbonyl (C=O) groups excluding carboxylic acids is 1. The Morgan fingerprint density at radius 2 is 2.00 bits per heavy atom. The van der Waals surface area contributed by atoms with Crippen molar-refractivity contribution in [2.24, 2.45) is 0 Å². The zero-order valence-corrected chi connectivity index (χ0v) is 12.2. The van der Waals surface area contributed by atoms with E-state index in [4.69, 9.17) is 5.73 Å². The third kappa shape index (κ3) is 2.70. The second-order valence-electron chi connectivity index (χ2n) is 4.34. The van der Waals surface area contributed by atoms with E-state index in [0.29, 0.717) is 15.8 Å². The Labute approximate surface area is 124 Å². The summed E-state index contributed by atoms with van der Waals surface area (Å²) in [4.78, 5) is 12.1. The molecule has 0 saturated heterocycles. The number of amides is 1. The highest BCUT2D eigenvalue weighted by Gasteiger charge is 2.16. The molecule has 1 amide bonds. The number of nitrogens with two attached hydrogens (primary N) is 1. The summed E-state index contributed by atoms with van der Waals surface area (Å²) in [5.74, 6) is -1.38. The Hall–Kier alpha value is -2.21. The average Bonchev–Trinajstić information content (AvgIpc) is 2.36. The van der Waals surface area contributed by atoms with Gasteiger partial charge in [0.05, 0.1) is 16.9 Å². The number of nitrogen functional groups attached to an aromatic ring is 1. The van der Waals surface area contributed by atoms with Crippen LogP contribution < -0.4 is 11.1 Å². The maximum atomic E-state index is 12.1. The lowest BCUT2D eigenvalue weighted by atomic mass is 10.1. The third-order valence-corrected chi connectivity index (χ3v) is 3.39. The van der Waals surface area contributed by atoms with Crippen LogP contribution >= 0.6 is 15.9 Å². The van der Waals surface area contributed by atoms with Crippen molar-refractivity contribution < 1.29 is 15.0 Å². The number of phenolic OH excluding ortho intramolecular Hbond substituents is 2. The van der Waals surface area contributed by atoms with Crippen LogP contribution in [0, 0.1) is 6.92 Å². The van der Waals surface area contributed by atoms with Gasteiger partial charge in [-0.25, -0.2) is 0 Å². The van der Waals surface area contributed by atoms with E-state index in [9.17, 15) is 15.0 Å². The minimum Gasteiger partial charge on any atom is -0.504 e. The van der Waals surface area contributed by atoms with Gasteiger partial charge in [0.1, 0.15) is 0 Å². The Kier molecular flexibility index (Phi) is 3.85. The molecule has 0 fully saturated rings. The Balaban J connectivity index is 2.36. The molecule has 0 radical (unpaired) electrons. The van der Waals surface area contributed by atoms with Crippen molar-refractivity contribution in [3.05, 3.63) is 45.9 Å². The van der Waals surface area contributed by atoms with Crippen LogP contribution in [0.25, 0.3) is 0 Å². The quantitative estimate of drug-likeness (QED) is 0.500. The van der Waals surface area contributed by atoms with E-state index >= 15 is 0 Å². The lowest BCUT2D eigenvalue weighted by molar-refractivity contribution is 0.102. The fourth-order valence-corrected chi connectivity index (χ4v) is 2.49. The number of rotatable bonds is 2. The van der Waals surface area contributed by atoms with E-state index in [1.807, 2.05) is 13.0 Å². The number of aromatic hydroxyl groups is 2. The summed E-state index contributed by atoms with van der Waals surface area (Å²) in [6, 6.07) is 7.71. The first-order chi connectivity index (χ1) is 9.40. The SMILES string of the molecule is Cc1cc(N)c(NC(=O)c2cccc(O)c2O)c(Br)c1. The summed E-state index contributed by atoms with van der Waals surface area (Å²) in [7, 11) is 0. The van der Waals surface area contributed by atoms with Gasteiger partial charge < -0.3 is 21.3 Å². The van der Waals surface area contributed by atoms with E-state index < -0.39 is 11.7 Å². The van der Waals surface area contributed by atoms with E-state index in [1.165, 1.54) is 18.2 Å². The van der Waals surface area contributed by atoms with Crippen LogP contribution in [0.5, 0.6) is 11.5 Å². The topological polar surface area (TPSA) is 95.6 Å². The van der Waals surface area contributed by atoms with Crippen LogP contribution in [-0.2, 0) is 0 Å². The number of aryl methyl sites for hydroxylation is 1. The lowest BCUT2D eigenvalue weighted by Crippen LogP contribution is -2.14. The summed E-state index contributed by atoms with van der Waals surface area (Å²) >= 11 is 3.33. The van der Waals surface area contributed by atoms with E-state index in [-0.39, 0.29) is 11.3 Å². The number of para-hydroxylation sites is 1. The van der Waals surface area contributed by atoms with Crippen molar-refractivity contribution in [3.8, 4) is 11.5 Å². The van der Waals surface area contributed by atoms with Crippen LogP contribution in [0.15, 0.2) is 34.8 Å². The number of phenols is 2. The summed E-state index contributed by atoms with van der Waals surface area (Å²) in [6.07, 6.45) is 0. The normalized spacial score (nSPS) is 10.3. The Bertz CT molecular complexity index is 663. The standard InChI is InChI=1S/C14H13BrN2O3/c1-7-5-9(15)12(10(16)6-7)17-14(20)8-3-2-4-11(18)13(8)19/h2-6,18-19H,16H2,1H3,(H,17,20). The summed E-state index contributed by atoms with van der Waals surface area (Å²) in [6.45, 7) is 1.88. The molecular weight excluding hydrogens is 324 g/mol. The van der Waals surface area contributed by atoms with Gasteiger partial charge >= 0.3 is 0 Å². The van der Waals surface area contributed by atoms with Gasteiger partial charge in [-0.1, -0.05) is 6.07 Å². The molecule has 0 aliphatic heterocycles. The van der Waals surface area contributed by atoms with Crippen molar-refractivity contribution in [2.45, 2.75) is 6.92 Å². The third-order valence-electron chi connectivity index (χ3n) is 2.76. The van der Waals surface area contributed by atoms with Crippen LogP contribution in [-0.4, -0.2) is 16.1 Å². The molecule has 0 saturated carbocycles. The first-order valence-electron chi connectivity index (χ1n) is 5.78. The molecule has 0 heterocycles. The first-order valence-corrected chi connectivity index (χ1v) is 6.57. The number of anilines is 2. The number of nitrogens with one attached hydrogen (secondary N) is 1. The van der Waals surface area contributed by atoms with Crippen LogP contribution in [0.3, 0.4) is 0 Å². The predicted molar refractivity (Wildman–Crippen MR) is 81.0 cm³/mol. The van der Waals surface area contributed by atoms with Crippen molar-refractivity contribution in [2.75, 3.05) is 11.1 Å². The molecule has 2 aromatic carbocycles. The zero-order valence-electron chi connectivity index (χ0n) is 10.6. The fraction of sp³-hybridized carbons (Fsp3) is 0.0714. The molecule has 0 unspecified atom stereocenters. The number of hydrogen-bond donors (Lipinski definition) is 4. The maximum absolute atomic E-state index is 12.1. The summed E-state index contributed by atoms with van der Waals surface area (Å²) in [5, 5.41) is 21.7. The maximum Gasteiger partial charge on any atom is 0.259 e. The highest BCUT2D eigenvalue weighted by Crippen LogP contribution is 2.33. The van der Waals surface area contributed by atoms with Crippen molar-refractivity contribution >= 4 is 33.2 Å². The first kappa shape index (κ1) is 14.2. The van der Waals surface area contributed by atoms with Gasteiger partial charge in [-0.2, -0.15) is 0 Å². The highest BCUT2D eigenvalue weighted by molar-refractivity contribution is 9.10. The molecule has 5 nitrogen and oxygen atoms in total. The van der Waals surface area contributed by atoms with E-state index in [2.05, 4.69) is 21.2 Å². The highest BCUT2D eigenvalue weighted by atomic mass is 79.9. The zero-order chi connectivity index (χ0) is 14.9. The molecule has 0 aliphatic rings. The average molecular weight is 337 g/mol. The van der Waals surface area contributed by atoms with Gasteiger partial charge in [-0.05, 0) is 52.7 Å². The minimum absolute atomic E-state index is 0.0307. The number of halogens is 1. The second-order valence-corrected chi connectivity index (χ2v) is 5.19. The smallest absolute Gasteiger partial charge is 0.259 e. The van der Waals surface area contributed by atoms with Gasteiger partial charge in [-0.15, -0.1) is 0 Å². The molecule has 2 rings (SSSR count). The summed E-state index contributed by atoms with van der Waals surface area (Å²) < 4.78 is 0.642. The Morgan fingerprint density at radius 1 is 1.30 bits per heavy atom. The number of carbonyl (C=O) groups is 1. The molecule has 2 aromatic rings. The summed E-state index contributed by atoms with van der Waals surface area (Å²) in [5.41, 5.74) is 7.61. The van der Waals surface area contributed by atoms with Gasteiger partial charge in [0.2, 0.25) is 0 Å². The molecule has 0 aliphatic carbocycles. The van der Waals surface area contributed by atoms with Gasteiger partial charge in [0.25, 0.3) is 5.91 Å². The second kappa shape index (κ2) is 5.42. The number of hydrogen-bond acceptors (Lipinski definition) is 4. The van der Waals surface area contributed by atoms with Crippen molar-refractivity contribution in [1.82, 2.24) is 0 Å². The molecule has 5 N–H and O–H groups in total.